The van der Waals surface area contributed by atoms with Crippen molar-refractivity contribution >= 4 is 0 Å². The molecule has 2 saturated heterocycles. The largest absolute Gasteiger partial charge is 0.394 e. The second-order valence-corrected chi connectivity index (χ2v) is 4.52. The summed E-state index contributed by atoms with van der Waals surface area (Å²) in [5.41, 5.74) is 0. The third-order valence-corrected chi connectivity index (χ3v) is 2.85. The first-order valence-corrected chi connectivity index (χ1v) is 5.31. The smallest absolute Gasteiger partial charge is 0.186 e. The van der Waals surface area contributed by atoms with Crippen molar-refractivity contribution in [1.82, 2.24) is 0 Å². The van der Waals surface area contributed by atoms with Crippen LogP contribution in [0.25, 0.3) is 0 Å². The van der Waals surface area contributed by atoms with Crippen molar-refractivity contribution in [3.8, 4) is 0 Å². The van der Waals surface area contributed by atoms with Gasteiger partial charge in [0.1, 0.15) is 24.4 Å². The number of rotatable bonds is 3. The van der Waals surface area contributed by atoms with E-state index < -0.39 is 30.4 Å². The van der Waals surface area contributed by atoms with Crippen LogP contribution in [0.5, 0.6) is 0 Å². The Morgan fingerprint density at radius 2 is 1.94 bits per heavy atom. The molecule has 2 heterocycles. The van der Waals surface area contributed by atoms with Crippen LogP contribution in [0.2, 0.25) is 0 Å². The van der Waals surface area contributed by atoms with E-state index in [1.807, 2.05) is 0 Å². The van der Waals surface area contributed by atoms with Crippen molar-refractivity contribution in [3.63, 3.8) is 0 Å². The summed E-state index contributed by atoms with van der Waals surface area (Å²) in [6.45, 7) is 3.20. The van der Waals surface area contributed by atoms with E-state index in [1.165, 1.54) is 7.11 Å². The van der Waals surface area contributed by atoms with Gasteiger partial charge in [-0.25, -0.2) is 0 Å². The highest BCUT2D eigenvalue weighted by Gasteiger charge is 2.57. The summed E-state index contributed by atoms with van der Waals surface area (Å²) in [5, 5.41) is 18.6. The molecule has 2 rings (SSSR count). The fraction of sp³-hybridized carbons (Fsp3) is 1.00. The van der Waals surface area contributed by atoms with Crippen molar-refractivity contribution in [2.75, 3.05) is 13.7 Å². The van der Waals surface area contributed by atoms with Crippen LogP contribution in [0.3, 0.4) is 0 Å². The van der Waals surface area contributed by atoms with Gasteiger partial charge in [-0.2, -0.15) is 0 Å². The number of hydrogen-bond acceptors (Lipinski definition) is 6. The molecule has 1 unspecified atom stereocenters. The molecular weight excluding hydrogens is 216 g/mol. The molecule has 0 radical (unpaired) electrons. The number of hydrogen-bond donors (Lipinski definition) is 2. The summed E-state index contributed by atoms with van der Waals surface area (Å²) in [5.74, 6) is -0.719. The molecule has 6 heteroatoms. The van der Waals surface area contributed by atoms with Gasteiger partial charge >= 0.3 is 0 Å². The molecule has 0 spiro atoms. The Balaban J connectivity index is 2.14. The van der Waals surface area contributed by atoms with Crippen LogP contribution in [-0.4, -0.2) is 60.4 Å². The Kier molecular flexibility index (Phi) is 3.22. The lowest BCUT2D eigenvalue weighted by Gasteiger charge is -2.25. The van der Waals surface area contributed by atoms with Gasteiger partial charge in [-0.3, -0.25) is 0 Å². The van der Waals surface area contributed by atoms with E-state index in [0.29, 0.717) is 0 Å². The van der Waals surface area contributed by atoms with Gasteiger partial charge in [-0.05, 0) is 13.8 Å². The van der Waals surface area contributed by atoms with Crippen LogP contribution in [0.4, 0.5) is 0 Å². The Labute approximate surface area is 94.1 Å². The SMILES string of the molecule is COC1O[C@H]([C@H](O)CO)[C@@H]2OC(C)(C)O[C@H]12. The van der Waals surface area contributed by atoms with Crippen LogP contribution in [0, 0.1) is 0 Å². The molecule has 2 aliphatic heterocycles. The average Bonchev–Trinajstić information content (AvgIpc) is 2.69. The first kappa shape index (κ1) is 12.2. The van der Waals surface area contributed by atoms with Gasteiger partial charge in [-0.15, -0.1) is 0 Å². The third-order valence-electron chi connectivity index (χ3n) is 2.85. The molecule has 0 bridgehead atoms. The Morgan fingerprint density at radius 1 is 1.31 bits per heavy atom. The van der Waals surface area contributed by atoms with E-state index >= 15 is 0 Å². The molecule has 0 saturated carbocycles. The normalized spacial score (nSPS) is 43.3. The van der Waals surface area contributed by atoms with Crippen molar-refractivity contribution in [2.24, 2.45) is 0 Å². The number of fused-ring (bicyclic) bond motifs is 1. The zero-order chi connectivity index (χ0) is 11.9. The number of aliphatic hydroxyl groups excluding tert-OH is 2. The van der Waals surface area contributed by atoms with Gasteiger partial charge < -0.3 is 29.2 Å². The molecule has 0 aromatic carbocycles. The van der Waals surface area contributed by atoms with Crippen LogP contribution < -0.4 is 0 Å². The highest BCUT2D eigenvalue weighted by atomic mass is 16.8. The minimum Gasteiger partial charge on any atom is -0.394 e. The molecule has 0 amide bonds. The van der Waals surface area contributed by atoms with Gasteiger partial charge in [0.15, 0.2) is 12.1 Å². The predicted molar refractivity (Wildman–Crippen MR) is 52.6 cm³/mol. The second kappa shape index (κ2) is 4.21. The zero-order valence-corrected chi connectivity index (χ0v) is 9.62. The maximum atomic E-state index is 9.62. The van der Waals surface area contributed by atoms with Crippen LogP contribution >= 0.6 is 0 Å². The standard InChI is InChI=1S/C10H18O6/c1-10(2)15-7-6(5(12)4-11)14-9(13-3)8(7)16-10/h5-9,11-12H,4H2,1-3H3/t5-,6-,7+,8+,9?/m1/s1. The van der Waals surface area contributed by atoms with Gasteiger partial charge in [0.05, 0.1) is 6.61 Å². The lowest BCUT2D eigenvalue weighted by molar-refractivity contribution is -0.238. The van der Waals surface area contributed by atoms with E-state index in [9.17, 15) is 5.11 Å². The van der Waals surface area contributed by atoms with Crippen LogP contribution in [-0.2, 0) is 18.9 Å². The van der Waals surface area contributed by atoms with Crippen molar-refractivity contribution in [3.05, 3.63) is 0 Å². The van der Waals surface area contributed by atoms with E-state index in [-0.39, 0.29) is 12.7 Å². The highest BCUT2D eigenvalue weighted by molar-refractivity contribution is 4.97. The molecule has 16 heavy (non-hydrogen) atoms. The lowest BCUT2D eigenvalue weighted by Crippen LogP contribution is -2.40. The number of methoxy groups -OCH3 is 1. The van der Waals surface area contributed by atoms with Crippen molar-refractivity contribution in [1.29, 1.82) is 0 Å². The van der Waals surface area contributed by atoms with Gasteiger partial charge in [0.25, 0.3) is 0 Å². The van der Waals surface area contributed by atoms with E-state index in [4.69, 9.17) is 24.1 Å². The Bertz CT molecular complexity index is 256. The van der Waals surface area contributed by atoms with Gasteiger partial charge in [-0.1, -0.05) is 0 Å². The summed E-state index contributed by atoms with van der Waals surface area (Å²) in [6.07, 6.45) is -2.97. The predicted octanol–water partition coefficient (Wildman–Crippen LogP) is -0.769. The van der Waals surface area contributed by atoms with E-state index in [2.05, 4.69) is 0 Å². The van der Waals surface area contributed by atoms with Crippen molar-refractivity contribution < 1.29 is 29.2 Å². The first-order chi connectivity index (χ1) is 7.48. The fourth-order valence-corrected chi connectivity index (χ4v) is 2.19. The van der Waals surface area contributed by atoms with Crippen molar-refractivity contribution in [2.45, 2.75) is 50.3 Å². The average molecular weight is 234 g/mol. The summed E-state index contributed by atoms with van der Waals surface area (Å²) in [7, 11) is 1.50. The Morgan fingerprint density at radius 3 is 2.50 bits per heavy atom. The zero-order valence-electron chi connectivity index (χ0n) is 9.62. The lowest BCUT2D eigenvalue weighted by atomic mass is 10.1. The summed E-state index contributed by atoms with van der Waals surface area (Å²) in [4.78, 5) is 0. The quantitative estimate of drug-likeness (QED) is 0.668. The summed E-state index contributed by atoms with van der Waals surface area (Å²) < 4.78 is 21.8. The molecule has 2 N–H and O–H groups in total. The molecular formula is C10H18O6. The van der Waals surface area contributed by atoms with Crippen LogP contribution in [0.15, 0.2) is 0 Å². The van der Waals surface area contributed by atoms with Gasteiger partial charge in [0.2, 0.25) is 0 Å². The molecule has 5 atom stereocenters. The molecule has 0 aliphatic carbocycles. The monoisotopic (exact) mass is 234 g/mol. The fourth-order valence-electron chi connectivity index (χ4n) is 2.19. The molecule has 2 aliphatic rings. The topological polar surface area (TPSA) is 77.4 Å². The van der Waals surface area contributed by atoms with E-state index in [0.717, 1.165) is 0 Å². The molecule has 0 aromatic heterocycles. The first-order valence-electron chi connectivity index (χ1n) is 5.31. The molecule has 6 nitrogen and oxygen atoms in total. The van der Waals surface area contributed by atoms with Crippen LogP contribution in [0.1, 0.15) is 13.8 Å². The Hall–Kier alpha value is -0.240. The minimum atomic E-state index is -0.995. The molecule has 2 fully saturated rings. The molecule has 0 aromatic rings. The maximum Gasteiger partial charge on any atom is 0.186 e. The summed E-state index contributed by atoms with van der Waals surface area (Å²) in [6, 6.07) is 0. The number of ether oxygens (including phenoxy) is 4. The second-order valence-electron chi connectivity index (χ2n) is 4.52. The summed E-state index contributed by atoms with van der Waals surface area (Å²) >= 11 is 0. The van der Waals surface area contributed by atoms with E-state index in [1.54, 1.807) is 13.8 Å². The molecule has 94 valence electrons. The maximum absolute atomic E-state index is 9.62. The van der Waals surface area contributed by atoms with Gasteiger partial charge in [0, 0.05) is 7.11 Å². The third kappa shape index (κ3) is 1.97. The number of aliphatic hydroxyl groups is 2. The highest BCUT2D eigenvalue weighted by Crippen LogP contribution is 2.39. The minimum absolute atomic E-state index is 0.369.